The Morgan fingerprint density at radius 3 is 2.29 bits per heavy atom. The van der Waals surface area contributed by atoms with Crippen LogP contribution in [0.1, 0.15) is 49.7 Å². The van der Waals surface area contributed by atoms with E-state index in [0.29, 0.717) is 32.4 Å². The molecule has 0 heterocycles. The van der Waals surface area contributed by atoms with E-state index >= 15 is 0 Å². The minimum atomic E-state index is -3.54. The van der Waals surface area contributed by atoms with Gasteiger partial charge in [0.25, 0.3) is 0 Å². The van der Waals surface area contributed by atoms with Crippen LogP contribution in [0.25, 0.3) is 0 Å². The molecule has 1 amide bonds. The van der Waals surface area contributed by atoms with E-state index in [9.17, 15) is 13.2 Å². The van der Waals surface area contributed by atoms with Gasteiger partial charge in [-0.2, -0.15) is 0 Å². The van der Waals surface area contributed by atoms with Crippen LogP contribution < -0.4 is 10.0 Å². The number of nitrogens with one attached hydrogen (secondary N) is 2. The fourth-order valence-electron chi connectivity index (χ4n) is 3.73. The summed E-state index contributed by atoms with van der Waals surface area (Å²) in [5, 5.41) is 2.99. The topological polar surface area (TPSA) is 75.3 Å². The van der Waals surface area contributed by atoms with Crippen molar-refractivity contribution >= 4 is 15.9 Å². The molecule has 0 saturated carbocycles. The Balaban J connectivity index is 1.39. The van der Waals surface area contributed by atoms with Gasteiger partial charge in [-0.1, -0.05) is 54.1 Å². The largest absolute Gasteiger partial charge is 0.356 e. The number of allylic oxidation sites excluding steroid dienone is 1. The molecule has 31 heavy (non-hydrogen) atoms. The number of amides is 1. The lowest BCUT2D eigenvalue weighted by Gasteiger charge is -2.13. The molecule has 5 nitrogen and oxygen atoms in total. The van der Waals surface area contributed by atoms with Crippen molar-refractivity contribution in [2.75, 3.05) is 13.1 Å². The second-order valence-corrected chi connectivity index (χ2v) is 9.75. The van der Waals surface area contributed by atoms with Crippen molar-refractivity contribution in [2.24, 2.45) is 0 Å². The first-order chi connectivity index (χ1) is 15.0. The summed E-state index contributed by atoms with van der Waals surface area (Å²) in [5.74, 6) is 0.0377. The molecule has 1 aliphatic rings. The maximum Gasteiger partial charge on any atom is 0.240 e. The van der Waals surface area contributed by atoms with E-state index in [1.807, 2.05) is 30.3 Å². The molecule has 3 rings (SSSR count). The lowest BCUT2D eigenvalue weighted by Crippen LogP contribution is -2.26. The first kappa shape index (κ1) is 23.2. The molecular formula is C25H32N2O3S. The summed E-state index contributed by atoms with van der Waals surface area (Å²) in [6.45, 7) is 1.04. The second-order valence-electron chi connectivity index (χ2n) is 7.99. The van der Waals surface area contributed by atoms with Crippen LogP contribution in [0.5, 0.6) is 0 Å². The van der Waals surface area contributed by atoms with Gasteiger partial charge in [-0.15, -0.1) is 0 Å². The zero-order valence-corrected chi connectivity index (χ0v) is 18.8. The Hall–Kier alpha value is -2.44. The van der Waals surface area contributed by atoms with Crippen LogP contribution in [0.15, 0.2) is 71.1 Å². The minimum absolute atomic E-state index is 0.0377. The monoisotopic (exact) mass is 440 g/mol. The van der Waals surface area contributed by atoms with Crippen molar-refractivity contribution in [3.05, 3.63) is 77.4 Å². The molecule has 0 atom stereocenters. The molecule has 0 spiro atoms. The lowest BCUT2D eigenvalue weighted by atomic mass is 9.97. The second kappa shape index (κ2) is 11.8. The molecular weight excluding hydrogens is 408 g/mol. The van der Waals surface area contributed by atoms with Crippen molar-refractivity contribution in [2.45, 2.75) is 56.3 Å². The number of rotatable bonds is 11. The van der Waals surface area contributed by atoms with Gasteiger partial charge in [0.15, 0.2) is 0 Å². The molecule has 166 valence electrons. The molecule has 0 saturated heterocycles. The number of carbonyl (C=O) groups excluding carboxylic acids is 1. The Labute approximate surface area is 186 Å². The molecule has 0 aliphatic heterocycles. The quantitative estimate of drug-likeness (QED) is 0.516. The highest BCUT2D eigenvalue weighted by atomic mass is 32.2. The number of benzene rings is 2. The van der Waals surface area contributed by atoms with E-state index in [-0.39, 0.29) is 10.8 Å². The molecule has 0 bridgehead atoms. The zero-order valence-electron chi connectivity index (χ0n) is 18.0. The third-order valence-corrected chi connectivity index (χ3v) is 7.05. The highest BCUT2D eigenvalue weighted by molar-refractivity contribution is 7.89. The third kappa shape index (κ3) is 7.96. The van der Waals surface area contributed by atoms with Crippen LogP contribution in [0.2, 0.25) is 0 Å². The summed E-state index contributed by atoms with van der Waals surface area (Å²) in [4.78, 5) is 12.3. The van der Waals surface area contributed by atoms with Crippen LogP contribution in [-0.2, 0) is 27.7 Å². The van der Waals surface area contributed by atoms with Gasteiger partial charge in [-0.3, -0.25) is 4.79 Å². The number of carbonyl (C=O) groups is 1. The van der Waals surface area contributed by atoms with Gasteiger partial charge < -0.3 is 5.32 Å². The molecule has 2 aromatic rings. The molecule has 0 aromatic heterocycles. The number of hydrogen-bond acceptors (Lipinski definition) is 3. The molecule has 0 unspecified atom stereocenters. The predicted octanol–water partition coefficient (Wildman–Crippen LogP) is 4.15. The maximum atomic E-state index is 12.5. The van der Waals surface area contributed by atoms with Crippen LogP contribution in [0, 0.1) is 0 Å². The first-order valence-corrected chi connectivity index (χ1v) is 12.6. The van der Waals surface area contributed by atoms with Crippen molar-refractivity contribution in [1.29, 1.82) is 0 Å². The standard InChI is InChI=1S/C25H32N2O3S/c28-25(26-19-17-21-7-3-1-4-8-21)16-13-23-11-14-24(15-12-23)31(29,30)27-20-18-22-9-5-2-6-10-22/h2,5-7,9-12,14-15,27H,1,3-4,8,13,16-20H2,(H,26,28). The summed E-state index contributed by atoms with van der Waals surface area (Å²) in [7, 11) is -3.54. The van der Waals surface area contributed by atoms with Gasteiger partial charge in [-0.25, -0.2) is 13.1 Å². The van der Waals surface area contributed by atoms with E-state index in [0.717, 1.165) is 30.4 Å². The smallest absolute Gasteiger partial charge is 0.240 e. The lowest BCUT2D eigenvalue weighted by molar-refractivity contribution is -0.121. The number of hydrogen-bond donors (Lipinski definition) is 2. The molecule has 1 aliphatic carbocycles. The average Bonchev–Trinajstić information content (AvgIpc) is 2.79. The Kier molecular flexibility index (Phi) is 8.85. The van der Waals surface area contributed by atoms with Gasteiger partial charge in [-0.05, 0) is 68.2 Å². The van der Waals surface area contributed by atoms with E-state index in [1.165, 1.54) is 18.4 Å². The first-order valence-electron chi connectivity index (χ1n) is 11.1. The minimum Gasteiger partial charge on any atom is -0.356 e. The fourth-order valence-corrected chi connectivity index (χ4v) is 4.77. The van der Waals surface area contributed by atoms with Crippen molar-refractivity contribution < 1.29 is 13.2 Å². The summed E-state index contributed by atoms with van der Waals surface area (Å²) >= 11 is 0. The molecule has 2 aromatic carbocycles. The van der Waals surface area contributed by atoms with E-state index in [4.69, 9.17) is 0 Å². The van der Waals surface area contributed by atoms with Gasteiger partial charge in [0, 0.05) is 19.5 Å². The predicted molar refractivity (Wildman–Crippen MR) is 124 cm³/mol. The highest BCUT2D eigenvalue weighted by Crippen LogP contribution is 2.19. The van der Waals surface area contributed by atoms with Crippen molar-refractivity contribution in [3.63, 3.8) is 0 Å². The van der Waals surface area contributed by atoms with Gasteiger partial charge >= 0.3 is 0 Å². The van der Waals surface area contributed by atoms with Gasteiger partial charge in [0.05, 0.1) is 4.90 Å². The Bertz CT molecular complexity index is 968. The molecule has 2 N–H and O–H groups in total. The van der Waals surface area contributed by atoms with Crippen LogP contribution in [0.3, 0.4) is 0 Å². The molecule has 0 fully saturated rings. The van der Waals surface area contributed by atoms with Crippen LogP contribution >= 0.6 is 0 Å². The fraction of sp³-hybridized carbons (Fsp3) is 0.400. The Morgan fingerprint density at radius 2 is 1.58 bits per heavy atom. The summed E-state index contributed by atoms with van der Waals surface area (Å²) in [5.41, 5.74) is 3.50. The Morgan fingerprint density at radius 1 is 0.839 bits per heavy atom. The summed E-state index contributed by atoms with van der Waals surface area (Å²) < 4.78 is 27.6. The maximum absolute atomic E-state index is 12.5. The third-order valence-electron chi connectivity index (χ3n) is 5.58. The number of sulfonamides is 1. The number of aryl methyl sites for hydroxylation is 1. The van der Waals surface area contributed by atoms with Gasteiger partial charge in [0.2, 0.25) is 15.9 Å². The SMILES string of the molecule is O=C(CCc1ccc(S(=O)(=O)NCCc2ccccc2)cc1)NCCC1=CCCCC1. The highest BCUT2D eigenvalue weighted by Gasteiger charge is 2.13. The normalized spacial score (nSPS) is 14.1. The summed E-state index contributed by atoms with van der Waals surface area (Å²) in [6, 6.07) is 16.6. The summed E-state index contributed by atoms with van der Waals surface area (Å²) in [6.07, 6.45) is 9.75. The van der Waals surface area contributed by atoms with Crippen LogP contribution in [0.4, 0.5) is 0 Å². The van der Waals surface area contributed by atoms with E-state index in [2.05, 4.69) is 16.1 Å². The van der Waals surface area contributed by atoms with E-state index < -0.39 is 10.0 Å². The van der Waals surface area contributed by atoms with Crippen molar-refractivity contribution in [3.8, 4) is 0 Å². The van der Waals surface area contributed by atoms with E-state index in [1.54, 1.807) is 24.3 Å². The van der Waals surface area contributed by atoms with Crippen LogP contribution in [-0.4, -0.2) is 27.4 Å². The molecule has 6 heteroatoms. The average molecular weight is 441 g/mol. The van der Waals surface area contributed by atoms with Gasteiger partial charge in [0.1, 0.15) is 0 Å². The zero-order chi connectivity index (χ0) is 21.9. The molecule has 0 radical (unpaired) electrons. The van der Waals surface area contributed by atoms with Crippen molar-refractivity contribution in [1.82, 2.24) is 10.0 Å².